The number of hydrogen-bond donors (Lipinski definition) is 1. The number of allylic oxidation sites excluding steroid dienone is 1. The monoisotopic (exact) mass is 482 g/mol. The maximum absolute atomic E-state index is 13.1. The number of pyridine rings is 1. The van der Waals surface area contributed by atoms with Crippen LogP contribution >= 0.6 is 0 Å². The first-order valence-corrected chi connectivity index (χ1v) is 12.7. The molecule has 0 amide bonds. The fraction of sp³-hybridized carbons (Fsp3) is 0.333. The van der Waals surface area contributed by atoms with Gasteiger partial charge in [0.25, 0.3) is 5.56 Å². The average Bonchev–Trinajstić information content (AvgIpc) is 3.17. The number of Topliss-reactive ketones (excluding diaryl/α,β-unsaturated/α-hetero) is 1. The molecule has 1 fully saturated rings. The van der Waals surface area contributed by atoms with Gasteiger partial charge in [0.15, 0.2) is 5.76 Å². The van der Waals surface area contributed by atoms with Gasteiger partial charge in [-0.1, -0.05) is 44.2 Å². The molecule has 3 aliphatic rings. The molecule has 1 saturated heterocycles. The van der Waals surface area contributed by atoms with Gasteiger partial charge >= 0.3 is 0 Å². The zero-order valence-corrected chi connectivity index (χ0v) is 20.6. The third-order valence-corrected chi connectivity index (χ3v) is 7.75. The number of aromatic nitrogens is 1. The van der Waals surface area contributed by atoms with Crippen molar-refractivity contribution in [3.8, 4) is 11.5 Å². The quantitative estimate of drug-likeness (QED) is 0.535. The second-order valence-corrected chi connectivity index (χ2v) is 10.6. The molecular formula is C30H30N2O4. The Hall–Kier alpha value is -3.64. The Bertz CT molecular complexity index is 1430. The number of likely N-dealkylation sites (tertiary alicyclic amines) is 1. The van der Waals surface area contributed by atoms with Crippen molar-refractivity contribution in [1.29, 1.82) is 0 Å². The lowest BCUT2D eigenvalue weighted by Crippen LogP contribution is -2.46. The van der Waals surface area contributed by atoms with E-state index in [1.807, 2.05) is 22.8 Å². The Labute approximate surface area is 210 Å². The summed E-state index contributed by atoms with van der Waals surface area (Å²) in [5.74, 6) is 1.80. The van der Waals surface area contributed by atoms with Crippen molar-refractivity contribution in [3.63, 3.8) is 0 Å². The SMILES string of the molecule is CC(C)c1ccc(/C=C2/Oc3c(ccc(O)c3CN3C[C@@H]4C[C@H](C3)c3cccc(=O)n3C4)C2=O)cc1. The Morgan fingerprint density at radius 2 is 1.83 bits per heavy atom. The van der Waals surface area contributed by atoms with E-state index < -0.39 is 0 Å². The number of aromatic hydroxyl groups is 1. The number of nitrogens with zero attached hydrogens (tertiary/aromatic N) is 2. The molecule has 6 nitrogen and oxygen atoms in total. The summed E-state index contributed by atoms with van der Waals surface area (Å²) < 4.78 is 8.02. The van der Waals surface area contributed by atoms with Gasteiger partial charge in [-0.05, 0) is 53.7 Å². The van der Waals surface area contributed by atoms with Crippen LogP contribution < -0.4 is 10.3 Å². The zero-order chi connectivity index (χ0) is 25.0. The highest BCUT2D eigenvalue weighted by Crippen LogP contribution is 2.42. The number of benzene rings is 2. The van der Waals surface area contributed by atoms with Crippen molar-refractivity contribution in [2.24, 2.45) is 5.92 Å². The summed E-state index contributed by atoms with van der Waals surface area (Å²) in [5.41, 5.74) is 4.43. The van der Waals surface area contributed by atoms with Crippen LogP contribution in [0.15, 0.2) is 65.2 Å². The van der Waals surface area contributed by atoms with Crippen molar-refractivity contribution in [3.05, 3.63) is 98.7 Å². The van der Waals surface area contributed by atoms with Crippen LogP contribution in [0.3, 0.4) is 0 Å². The lowest BCUT2D eigenvalue weighted by atomic mass is 9.83. The summed E-state index contributed by atoms with van der Waals surface area (Å²) in [7, 11) is 0. The molecule has 184 valence electrons. The van der Waals surface area contributed by atoms with Crippen LogP contribution in [0.25, 0.3) is 6.08 Å². The summed E-state index contributed by atoms with van der Waals surface area (Å²) in [6, 6.07) is 16.9. The fourth-order valence-electron chi connectivity index (χ4n) is 5.93. The Morgan fingerprint density at radius 3 is 2.61 bits per heavy atom. The number of hydrogen-bond acceptors (Lipinski definition) is 5. The Kier molecular flexibility index (Phi) is 5.56. The number of carbonyl (C=O) groups is 1. The van der Waals surface area contributed by atoms with Crippen LogP contribution in [0.4, 0.5) is 0 Å². The summed E-state index contributed by atoms with van der Waals surface area (Å²) in [6.45, 7) is 7.13. The molecule has 0 saturated carbocycles. The van der Waals surface area contributed by atoms with Gasteiger partial charge < -0.3 is 14.4 Å². The number of phenols is 1. The van der Waals surface area contributed by atoms with Gasteiger partial charge in [-0.2, -0.15) is 0 Å². The van der Waals surface area contributed by atoms with Crippen molar-refractivity contribution in [2.45, 2.75) is 45.2 Å². The largest absolute Gasteiger partial charge is 0.507 e. The molecule has 1 N–H and O–H groups in total. The number of fused-ring (bicyclic) bond motifs is 5. The summed E-state index contributed by atoms with van der Waals surface area (Å²) in [4.78, 5) is 27.8. The number of ether oxygens (including phenoxy) is 1. The third-order valence-electron chi connectivity index (χ3n) is 7.75. The van der Waals surface area contributed by atoms with Gasteiger partial charge in [0.2, 0.25) is 5.78 Å². The molecule has 0 spiro atoms. The van der Waals surface area contributed by atoms with E-state index in [1.165, 1.54) is 5.56 Å². The predicted molar refractivity (Wildman–Crippen MR) is 138 cm³/mol. The number of carbonyl (C=O) groups excluding carboxylic acids is 1. The molecule has 3 aliphatic heterocycles. The highest BCUT2D eigenvalue weighted by atomic mass is 16.5. The second-order valence-electron chi connectivity index (χ2n) is 10.6. The predicted octanol–water partition coefficient (Wildman–Crippen LogP) is 4.91. The second kappa shape index (κ2) is 8.79. The van der Waals surface area contributed by atoms with E-state index >= 15 is 0 Å². The van der Waals surface area contributed by atoms with Crippen LogP contribution in [0, 0.1) is 5.92 Å². The molecule has 0 radical (unpaired) electrons. The van der Waals surface area contributed by atoms with E-state index in [0.29, 0.717) is 35.3 Å². The van der Waals surface area contributed by atoms with Crippen LogP contribution in [0.1, 0.15) is 64.8 Å². The first-order valence-electron chi connectivity index (χ1n) is 12.7. The van der Waals surface area contributed by atoms with Gasteiger partial charge in [-0.25, -0.2) is 0 Å². The number of phenolic OH excluding ortho intramolecular Hbond substituents is 1. The average molecular weight is 483 g/mol. The van der Waals surface area contributed by atoms with Gasteiger partial charge in [0, 0.05) is 43.9 Å². The highest BCUT2D eigenvalue weighted by Gasteiger charge is 2.36. The lowest BCUT2D eigenvalue weighted by Gasteiger charge is -2.42. The summed E-state index contributed by atoms with van der Waals surface area (Å²) >= 11 is 0. The molecule has 6 heteroatoms. The lowest BCUT2D eigenvalue weighted by molar-refractivity contribution is 0.101. The van der Waals surface area contributed by atoms with Gasteiger partial charge in [-0.3, -0.25) is 14.5 Å². The number of rotatable bonds is 4. The molecule has 4 heterocycles. The molecule has 2 atom stereocenters. The first kappa shape index (κ1) is 22.8. The van der Waals surface area contributed by atoms with Gasteiger partial charge in [0.05, 0.1) is 11.1 Å². The van der Waals surface area contributed by atoms with Crippen LogP contribution in [-0.2, 0) is 13.1 Å². The molecule has 6 rings (SSSR count). The van der Waals surface area contributed by atoms with E-state index in [2.05, 4.69) is 36.9 Å². The van der Waals surface area contributed by atoms with Crippen molar-refractivity contribution in [2.75, 3.05) is 13.1 Å². The number of ketones is 1. The van der Waals surface area contributed by atoms with E-state index in [1.54, 1.807) is 24.3 Å². The van der Waals surface area contributed by atoms with E-state index in [4.69, 9.17) is 4.74 Å². The van der Waals surface area contributed by atoms with Gasteiger partial charge in [0.1, 0.15) is 11.5 Å². The highest BCUT2D eigenvalue weighted by molar-refractivity contribution is 6.15. The molecular weight excluding hydrogens is 452 g/mol. The molecule has 0 aliphatic carbocycles. The smallest absolute Gasteiger partial charge is 0.250 e. The maximum atomic E-state index is 13.1. The number of piperidine rings is 1. The van der Waals surface area contributed by atoms with Crippen LogP contribution in [-0.4, -0.2) is 33.4 Å². The molecule has 36 heavy (non-hydrogen) atoms. The van der Waals surface area contributed by atoms with Crippen LogP contribution in [0.2, 0.25) is 0 Å². The van der Waals surface area contributed by atoms with Crippen molar-refractivity contribution < 1.29 is 14.6 Å². The molecule has 2 bridgehead atoms. The van der Waals surface area contributed by atoms with Crippen LogP contribution in [0.5, 0.6) is 11.5 Å². The fourth-order valence-corrected chi connectivity index (χ4v) is 5.93. The van der Waals surface area contributed by atoms with Gasteiger partial charge in [-0.15, -0.1) is 0 Å². The minimum atomic E-state index is -0.164. The summed E-state index contributed by atoms with van der Waals surface area (Å²) in [6.07, 6.45) is 2.84. The zero-order valence-electron chi connectivity index (χ0n) is 20.6. The maximum Gasteiger partial charge on any atom is 0.250 e. The first-order chi connectivity index (χ1) is 17.4. The van der Waals surface area contributed by atoms with Crippen molar-refractivity contribution in [1.82, 2.24) is 9.47 Å². The molecule has 1 aromatic heterocycles. The topological polar surface area (TPSA) is 71.8 Å². The minimum Gasteiger partial charge on any atom is -0.507 e. The van der Waals surface area contributed by atoms with Crippen molar-refractivity contribution >= 4 is 11.9 Å². The van der Waals surface area contributed by atoms with E-state index in [-0.39, 0.29) is 28.8 Å². The minimum absolute atomic E-state index is 0.0687. The molecule has 0 unspecified atom stereocenters. The third kappa shape index (κ3) is 3.95. The summed E-state index contributed by atoms with van der Waals surface area (Å²) in [5, 5.41) is 10.8. The van der Waals surface area contributed by atoms with E-state index in [9.17, 15) is 14.7 Å². The Morgan fingerprint density at radius 1 is 1.03 bits per heavy atom. The molecule has 3 aromatic rings. The van der Waals surface area contributed by atoms with E-state index in [0.717, 1.165) is 37.3 Å². The normalized spacial score (nSPS) is 22.0. The molecule has 2 aromatic carbocycles. The Balaban J connectivity index is 1.26. The standard InChI is InChI=1S/C30H30N2O4/c1-18(2)21-8-6-19(7-9-21)13-27-29(35)23-10-11-26(33)24(30(23)36-27)17-31-14-20-12-22(16-31)25-4-3-5-28(34)32(25)15-20/h3-11,13,18,20,22,33H,12,14-17H2,1-2H3/b27-13+/t20-,22+/m0/s1.